The summed E-state index contributed by atoms with van der Waals surface area (Å²) in [5.41, 5.74) is 6.67. The smallest absolute Gasteiger partial charge is 0.115 e. The van der Waals surface area contributed by atoms with E-state index in [0.29, 0.717) is 5.75 Å². The molecule has 4 rings (SSSR count). The fraction of sp³-hybridized carbons (Fsp3) is 0.200. The van der Waals surface area contributed by atoms with Gasteiger partial charge in [0.25, 0.3) is 0 Å². The molecule has 1 N–H and O–H groups in total. The van der Waals surface area contributed by atoms with E-state index in [-0.39, 0.29) is 12.1 Å². The molecule has 0 saturated carbocycles. The maximum absolute atomic E-state index is 9.70. The molecule has 27 heavy (non-hydrogen) atoms. The molecule has 0 aliphatic carbocycles. The average molecular weight is 355 g/mol. The van der Waals surface area contributed by atoms with Gasteiger partial charge in [-0.05, 0) is 60.4 Å². The lowest BCUT2D eigenvalue weighted by Crippen LogP contribution is -2.34. The Morgan fingerprint density at radius 2 is 1.37 bits per heavy atom. The van der Waals surface area contributed by atoms with Crippen LogP contribution < -0.4 is 0 Å². The maximum atomic E-state index is 9.70. The summed E-state index contributed by atoms with van der Waals surface area (Å²) in [6.45, 7) is 2.27. The van der Waals surface area contributed by atoms with Crippen LogP contribution >= 0.6 is 0 Å². The predicted octanol–water partition coefficient (Wildman–Crippen LogP) is 5.98. The van der Waals surface area contributed by atoms with Crippen LogP contribution in [0.15, 0.2) is 90.5 Å². The van der Waals surface area contributed by atoms with Gasteiger partial charge in [-0.15, -0.1) is 0 Å². The van der Waals surface area contributed by atoms with Crippen molar-refractivity contribution >= 4 is 5.57 Å². The van der Waals surface area contributed by atoms with Crippen molar-refractivity contribution in [3.8, 4) is 5.75 Å². The van der Waals surface area contributed by atoms with Crippen molar-refractivity contribution in [2.24, 2.45) is 0 Å². The molecule has 0 amide bonds. The second-order valence-electron chi connectivity index (χ2n) is 7.32. The third-order valence-electron chi connectivity index (χ3n) is 5.70. The molecule has 0 saturated heterocycles. The highest BCUT2D eigenvalue weighted by atomic mass is 16.3. The molecule has 0 aromatic heterocycles. The zero-order valence-corrected chi connectivity index (χ0v) is 15.8. The summed E-state index contributed by atoms with van der Waals surface area (Å²) < 4.78 is 0. The van der Waals surface area contributed by atoms with Crippen molar-refractivity contribution in [2.45, 2.75) is 25.4 Å². The van der Waals surface area contributed by atoms with E-state index in [0.717, 1.165) is 6.42 Å². The quantitative estimate of drug-likeness (QED) is 0.624. The number of hydrogen-bond donors (Lipinski definition) is 1. The Bertz CT molecular complexity index is 929. The van der Waals surface area contributed by atoms with E-state index in [4.69, 9.17) is 0 Å². The van der Waals surface area contributed by atoms with Crippen molar-refractivity contribution < 1.29 is 5.11 Å². The van der Waals surface area contributed by atoms with Gasteiger partial charge >= 0.3 is 0 Å². The van der Waals surface area contributed by atoms with Gasteiger partial charge in [0.1, 0.15) is 5.75 Å². The fourth-order valence-corrected chi connectivity index (χ4v) is 4.30. The minimum absolute atomic E-state index is 0.231. The van der Waals surface area contributed by atoms with Gasteiger partial charge in [0.15, 0.2) is 0 Å². The van der Waals surface area contributed by atoms with Crippen molar-refractivity contribution in [3.63, 3.8) is 0 Å². The Labute approximate surface area is 161 Å². The second kappa shape index (κ2) is 7.42. The van der Waals surface area contributed by atoms with Crippen LogP contribution in [-0.2, 0) is 0 Å². The summed E-state index contributed by atoms with van der Waals surface area (Å²) in [5, 5.41) is 9.70. The summed E-state index contributed by atoms with van der Waals surface area (Å²) in [6.07, 6.45) is 0.959. The molecular formula is C25H25NO. The van der Waals surface area contributed by atoms with E-state index in [2.05, 4.69) is 79.5 Å². The Balaban J connectivity index is 1.84. The first-order valence-corrected chi connectivity index (χ1v) is 9.46. The predicted molar refractivity (Wildman–Crippen MR) is 111 cm³/mol. The van der Waals surface area contributed by atoms with Gasteiger partial charge < -0.3 is 5.11 Å². The molecule has 1 heterocycles. The molecule has 1 aliphatic rings. The molecule has 2 nitrogen and oxygen atoms in total. The lowest BCUT2D eigenvalue weighted by Gasteiger charge is -2.42. The van der Waals surface area contributed by atoms with E-state index >= 15 is 0 Å². The van der Waals surface area contributed by atoms with Crippen molar-refractivity contribution in [1.29, 1.82) is 0 Å². The van der Waals surface area contributed by atoms with E-state index in [9.17, 15) is 5.11 Å². The molecule has 2 heteroatoms. The molecule has 136 valence electrons. The number of benzene rings is 3. The number of phenols is 1. The fourth-order valence-electron chi connectivity index (χ4n) is 4.30. The van der Waals surface area contributed by atoms with E-state index in [1.165, 1.54) is 27.8 Å². The highest BCUT2D eigenvalue weighted by molar-refractivity contribution is 5.71. The number of rotatable bonds is 3. The van der Waals surface area contributed by atoms with E-state index in [1.54, 1.807) is 12.1 Å². The third kappa shape index (κ3) is 3.41. The van der Waals surface area contributed by atoms with Gasteiger partial charge in [-0.1, -0.05) is 72.8 Å². The molecule has 2 unspecified atom stereocenters. The molecule has 0 fully saturated rings. The highest BCUT2D eigenvalue weighted by Crippen LogP contribution is 2.46. The highest BCUT2D eigenvalue weighted by Gasteiger charge is 2.33. The molecule has 2 atom stereocenters. The molecule has 3 aromatic carbocycles. The van der Waals surface area contributed by atoms with Gasteiger partial charge in [-0.3, -0.25) is 4.90 Å². The number of aromatic hydroxyl groups is 1. The molecule has 0 radical (unpaired) electrons. The molecular weight excluding hydrogens is 330 g/mol. The first-order valence-electron chi connectivity index (χ1n) is 9.46. The number of hydrogen-bond acceptors (Lipinski definition) is 2. The van der Waals surface area contributed by atoms with Crippen LogP contribution in [0.4, 0.5) is 0 Å². The van der Waals surface area contributed by atoms with Gasteiger partial charge in [0.05, 0.1) is 6.04 Å². The van der Waals surface area contributed by atoms with Gasteiger partial charge in [-0.25, -0.2) is 0 Å². The Morgan fingerprint density at radius 3 is 2.00 bits per heavy atom. The third-order valence-corrected chi connectivity index (χ3v) is 5.70. The zero-order valence-electron chi connectivity index (χ0n) is 15.8. The Hall–Kier alpha value is -2.84. The number of likely N-dealkylation sites (N-methyl/N-ethyl adjacent to an activating group) is 1. The van der Waals surface area contributed by atoms with Crippen LogP contribution in [0.2, 0.25) is 0 Å². The van der Waals surface area contributed by atoms with Crippen LogP contribution in [0, 0.1) is 0 Å². The first-order chi connectivity index (χ1) is 13.1. The van der Waals surface area contributed by atoms with Crippen LogP contribution in [0.5, 0.6) is 5.75 Å². The SMILES string of the molecule is CC1=C(c2ccccc2)CC(c2ccc(O)cc2)N(C)C1c1ccccc1. The molecule has 3 aromatic rings. The summed E-state index contributed by atoms with van der Waals surface area (Å²) in [6, 6.07) is 29.6. The molecule has 0 bridgehead atoms. The largest absolute Gasteiger partial charge is 0.508 e. The monoisotopic (exact) mass is 355 g/mol. The van der Waals surface area contributed by atoms with Crippen molar-refractivity contribution in [2.75, 3.05) is 7.05 Å². The normalized spacial score (nSPS) is 20.7. The lowest BCUT2D eigenvalue weighted by atomic mass is 9.81. The minimum atomic E-state index is 0.231. The lowest BCUT2D eigenvalue weighted by molar-refractivity contribution is 0.188. The van der Waals surface area contributed by atoms with E-state index < -0.39 is 0 Å². The maximum Gasteiger partial charge on any atom is 0.115 e. The molecule has 1 aliphatic heterocycles. The van der Waals surface area contributed by atoms with Gasteiger partial charge in [0, 0.05) is 6.04 Å². The summed E-state index contributed by atoms with van der Waals surface area (Å²) in [4.78, 5) is 2.46. The van der Waals surface area contributed by atoms with Gasteiger partial charge in [-0.2, -0.15) is 0 Å². The topological polar surface area (TPSA) is 23.5 Å². The summed E-state index contributed by atoms with van der Waals surface area (Å²) >= 11 is 0. The second-order valence-corrected chi connectivity index (χ2v) is 7.32. The Kier molecular flexibility index (Phi) is 4.83. The molecule has 0 spiro atoms. The van der Waals surface area contributed by atoms with Crippen LogP contribution in [0.1, 0.15) is 42.1 Å². The Morgan fingerprint density at radius 1 is 0.778 bits per heavy atom. The van der Waals surface area contributed by atoms with Crippen molar-refractivity contribution in [3.05, 3.63) is 107 Å². The first kappa shape index (κ1) is 17.6. The summed E-state index contributed by atoms with van der Waals surface area (Å²) in [5.74, 6) is 0.312. The minimum Gasteiger partial charge on any atom is -0.508 e. The zero-order chi connectivity index (χ0) is 18.8. The van der Waals surface area contributed by atoms with Crippen molar-refractivity contribution in [1.82, 2.24) is 4.90 Å². The average Bonchev–Trinajstić information content (AvgIpc) is 2.71. The number of nitrogens with zero attached hydrogens (tertiary/aromatic N) is 1. The van der Waals surface area contributed by atoms with Gasteiger partial charge in [0.2, 0.25) is 0 Å². The summed E-state index contributed by atoms with van der Waals surface area (Å²) in [7, 11) is 2.21. The van der Waals surface area contributed by atoms with E-state index in [1.807, 2.05) is 12.1 Å². The standard InChI is InChI=1S/C25H25NO/c1-18-23(19-9-5-3-6-10-19)17-24(20-13-15-22(27)16-14-20)26(2)25(18)21-11-7-4-8-12-21/h3-16,24-25,27H,17H2,1-2H3. The van der Waals surface area contributed by atoms with Crippen LogP contribution in [0.3, 0.4) is 0 Å². The van der Waals surface area contributed by atoms with Crippen LogP contribution in [-0.4, -0.2) is 17.1 Å². The van der Waals surface area contributed by atoms with Crippen LogP contribution in [0.25, 0.3) is 5.57 Å². The number of phenolic OH excluding ortho intramolecular Hbond substituents is 1.